The zero-order valence-electron chi connectivity index (χ0n) is 6.92. The van der Waals surface area contributed by atoms with Gasteiger partial charge in [-0.05, 0) is 53.9 Å². The molecule has 0 saturated carbocycles. The monoisotopic (exact) mass is 400 g/mol. The van der Waals surface area contributed by atoms with Crippen molar-refractivity contribution in [2.24, 2.45) is 0 Å². The van der Waals surface area contributed by atoms with E-state index in [-0.39, 0.29) is 20.1 Å². The van der Waals surface area contributed by atoms with Crippen molar-refractivity contribution in [2.45, 2.75) is 0 Å². The quantitative estimate of drug-likeness (QED) is 0.744. The van der Waals surface area contributed by atoms with Crippen LogP contribution in [0.5, 0.6) is 0 Å². The van der Waals surface area contributed by atoms with Gasteiger partial charge in [0.1, 0.15) is 0 Å². The van der Waals surface area contributed by atoms with E-state index in [1.165, 1.54) is 6.07 Å². The predicted molar refractivity (Wildman–Crippen MR) is 63.5 cm³/mol. The highest BCUT2D eigenvalue weighted by atomic mass is 79.9. The van der Waals surface area contributed by atoms with Gasteiger partial charge in [-0.3, -0.25) is 0 Å². The van der Waals surface area contributed by atoms with E-state index in [4.69, 9.17) is 10.2 Å². The van der Waals surface area contributed by atoms with E-state index in [0.717, 1.165) is 0 Å². The molecule has 0 spiro atoms. The molecular weight excluding hydrogens is 400 g/mol. The van der Waals surface area contributed by atoms with Crippen LogP contribution in [0.15, 0.2) is 19.5 Å². The highest BCUT2D eigenvalue weighted by molar-refractivity contribution is 9.13. The first-order valence-electron chi connectivity index (χ1n) is 3.50. The summed E-state index contributed by atoms with van der Waals surface area (Å²) in [5.74, 6) is -2.60. The van der Waals surface area contributed by atoms with Crippen molar-refractivity contribution in [3.05, 3.63) is 30.6 Å². The molecule has 4 nitrogen and oxygen atoms in total. The fourth-order valence-corrected chi connectivity index (χ4v) is 2.82. The van der Waals surface area contributed by atoms with Crippen molar-refractivity contribution >= 4 is 59.7 Å². The van der Waals surface area contributed by atoms with Crippen LogP contribution in [0.25, 0.3) is 0 Å². The fourth-order valence-electron chi connectivity index (χ4n) is 1.01. The number of aromatic carboxylic acids is 2. The molecule has 0 fully saturated rings. The van der Waals surface area contributed by atoms with E-state index >= 15 is 0 Å². The molecule has 0 aliphatic heterocycles. The van der Waals surface area contributed by atoms with E-state index in [2.05, 4.69) is 47.8 Å². The number of carboxylic acid groups (broad SMARTS) is 2. The zero-order valence-corrected chi connectivity index (χ0v) is 11.7. The Morgan fingerprint density at radius 3 is 1.80 bits per heavy atom. The maximum atomic E-state index is 10.9. The molecule has 2 N–H and O–H groups in total. The van der Waals surface area contributed by atoms with Gasteiger partial charge in [0.15, 0.2) is 0 Å². The standard InChI is InChI=1S/C8H3Br3O4/c9-2-1-3(10)6(11)5(8(14)15)4(2)7(12)13/h1H,(H,12,13)(H,14,15). The summed E-state index contributed by atoms with van der Waals surface area (Å²) in [7, 11) is 0. The van der Waals surface area contributed by atoms with E-state index in [1.54, 1.807) is 0 Å². The third kappa shape index (κ3) is 2.40. The Labute approximate surface area is 110 Å². The van der Waals surface area contributed by atoms with Crippen LogP contribution < -0.4 is 0 Å². The normalized spacial score (nSPS) is 10.1. The van der Waals surface area contributed by atoms with E-state index in [9.17, 15) is 9.59 Å². The average Bonchev–Trinajstić information content (AvgIpc) is 2.09. The number of carbonyl (C=O) groups is 2. The molecule has 1 aromatic carbocycles. The number of halogens is 3. The predicted octanol–water partition coefficient (Wildman–Crippen LogP) is 3.37. The Morgan fingerprint density at radius 1 is 0.933 bits per heavy atom. The zero-order chi connectivity index (χ0) is 11.7. The maximum absolute atomic E-state index is 10.9. The van der Waals surface area contributed by atoms with Gasteiger partial charge in [-0.2, -0.15) is 0 Å². The molecule has 0 atom stereocenters. The Balaban J connectivity index is 3.69. The number of rotatable bonds is 2. The van der Waals surface area contributed by atoms with Crippen LogP contribution in [0.3, 0.4) is 0 Å². The number of carboxylic acids is 2. The van der Waals surface area contributed by atoms with Gasteiger partial charge in [-0.1, -0.05) is 0 Å². The minimum absolute atomic E-state index is 0.204. The summed E-state index contributed by atoms with van der Waals surface area (Å²) in [6, 6.07) is 1.47. The Bertz CT molecular complexity index is 456. The minimum atomic E-state index is -1.30. The van der Waals surface area contributed by atoms with Gasteiger partial charge in [0.25, 0.3) is 0 Å². The molecule has 0 radical (unpaired) electrons. The second kappa shape index (κ2) is 4.63. The number of benzene rings is 1. The second-order valence-electron chi connectivity index (χ2n) is 2.51. The van der Waals surface area contributed by atoms with Crippen molar-refractivity contribution in [3.63, 3.8) is 0 Å². The lowest BCUT2D eigenvalue weighted by molar-refractivity contribution is 0.0649. The van der Waals surface area contributed by atoms with Gasteiger partial charge in [-0.15, -0.1) is 0 Å². The molecule has 7 heteroatoms. The lowest BCUT2D eigenvalue weighted by atomic mass is 10.1. The van der Waals surface area contributed by atoms with Crippen LogP contribution in [-0.2, 0) is 0 Å². The SMILES string of the molecule is O=C(O)c1c(Br)cc(Br)c(Br)c1C(=O)O. The third-order valence-electron chi connectivity index (χ3n) is 1.60. The van der Waals surface area contributed by atoms with Gasteiger partial charge in [0.2, 0.25) is 0 Å². The summed E-state index contributed by atoms with van der Waals surface area (Å²) in [5.41, 5.74) is -0.568. The van der Waals surface area contributed by atoms with Crippen LogP contribution in [0, 0.1) is 0 Å². The van der Waals surface area contributed by atoms with Crippen molar-refractivity contribution in [1.29, 1.82) is 0 Å². The molecule has 0 bridgehead atoms. The molecule has 80 valence electrons. The molecule has 15 heavy (non-hydrogen) atoms. The summed E-state index contributed by atoms with van der Waals surface area (Å²) in [6.07, 6.45) is 0. The Morgan fingerprint density at radius 2 is 1.40 bits per heavy atom. The van der Waals surface area contributed by atoms with Crippen LogP contribution >= 0.6 is 47.8 Å². The third-order valence-corrected chi connectivity index (χ3v) is 4.21. The minimum Gasteiger partial charge on any atom is -0.478 e. The van der Waals surface area contributed by atoms with Crippen LogP contribution in [0.1, 0.15) is 20.7 Å². The fraction of sp³-hybridized carbons (Fsp3) is 0. The maximum Gasteiger partial charge on any atom is 0.337 e. The van der Waals surface area contributed by atoms with Crippen molar-refractivity contribution < 1.29 is 19.8 Å². The first kappa shape index (κ1) is 12.7. The van der Waals surface area contributed by atoms with Crippen LogP contribution in [0.2, 0.25) is 0 Å². The van der Waals surface area contributed by atoms with Gasteiger partial charge in [0, 0.05) is 13.4 Å². The molecule has 0 unspecified atom stereocenters. The summed E-state index contributed by atoms with van der Waals surface area (Å²) >= 11 is 9.14. The van der Waals surface area contributed by atoms with Gasteiger partial charge >= 0.3 is 11.9 Å². The van der Waals surface area contributed by atoms with Gasteiger partial charge < -0.3 is 10.2 Å². The lowest BCUT2D eigenvalue weighted by Gasteiger charge is -2.08. The van der Waals surface area contributed by atoms with Gasteiger partial charge in [-0.25, -0.2) is 9.59 Å². The van der Waals surface area contributed by atoms with Crippen molar-refractivity contribution in [3.8, 4) is 0 Å². The van der Waals surface area contributed by atoms with Crippen molar-refractivity contribution in [2.75, 3.05) is 0 Å². The van der Waals surface area contributed by atoms with Crippen molar-refractivity contribution in [1.82, 2.24) is 0 Å². The van der Waals surface area contributed by atoms with E-state index in [0.29, 0.717) is 4.47 Å². The van der Waals surface area contributed by atoms with Crippen LogP contribution in [-0.4, -0.2) is 22.2 Å². The van der Waals surface area contributed by atoms with E-state index in [1.807, 2.05) is 0 Å². The molecule has 0 amide bonds. The lowest BCUT2D eigenvalue weighted by Crippen LogP contribution is -2.10. The summed E-state index contributed by atoms with van der Waals surface area (Å²) in [5, 5.41) is 17.8. The first-order valence-corrected chi connectivity index (χ1v) is 5.88. The average molecular weight is 403 g/mol. The number of hydrogen-bond donors (Lipinski definition) is 2. The summed E-state index contributed by atoms with van der Waals surface area (Å²) in [6.45, 7) is 0. The molecule has 0 aliphatic carbocycles. The first-order chi connectivity index (χ1) is 6.86. The molecule has 1 rings (SSSR count). The van der Waals surface area contributed by atoms with E-state index < -0.39 is 11.9 Å². The smallest absolute Gasteiger partial charge is 0.337 e. The summed E-state index contributed by atoms with van der Waals surface area (Å²) < 4.78 is 0.884. The molecule has 0 saturated heterocycles. The highest BCUT2D eigenvalue weighted by Crippen LogP contribution is 2.34. The molecule has 0 aromatic heterocycles. The molecule has 1 aromatic rings. The topological polar surface area (TPSA) is 74.6 Å². The molecule has 0 heterocycles. The molecule has 0 aliphatic rings. The Kier molecular flexibility index (Phi) is 3.91. The highest BCUT2D eigenvalue weighted by Gasteiger charge is 2.24. The number of hydrogen-bond acceptors (Lipinski definition) is 2. The summed E-state index contributed by atoms with van der Waals surface area (Å²) in [4.78, 5) is 21.8. The Hall–Kier alpha value is -0.400. The second-order valence-corrected chi connectivity index (χ2v) is 5.02. The van der Waals surface area contributed by atoms with Crippen LogP contribution in [0.4, 0.5) is 0 Å². The van der Waals surface area contributed by atoms with Gasteiger partial charge in [0.05, 0.1) is 11.1 Å². The largest absolute Gasteiger partial charge is 0.478 e. The molecular formula is C8H3Br3O4.